The van der Waals surface area contributed by atoms with Gasteiger partial charge >= 0.3 is 5.97 Å². The van der Waals surface area contributed by atoms with E-state index in [0.29, 0.717) is 5.52 Å². The van der Waals surface area contributed by atoms with Crippen LogP contribution in [0.15, 0.2) is 29.8 Å². The number of carboxylic acids is 1. The van der Waals surface area contributed by atoms with E-state index >= 15 is 0 Å². The summed E-state index contributed by atoms with van der Waals surface area (Å²) in [6.07, 6.45) is 1.79. The molecule has 3 rings (SSSR count). The quantitative estimate of drug-likeness (QED) is 0.803. The van der Waals surface area contributed by atoms with E-state index in [9.17, 15) is 4.79 Å². The first kappa shape index (κ1) is 12.8. The molecule has 20 heavy (non-hydrogen) atoms. The van der Waals surface area contributed by atoms with Gasteiger partial charge in [-0.1, -0.05) is 0 Å². The van der Waals surface area contributed by atoms with Crippen LogP contribution in [0.3, 0.4) is 0 Å². The molecule has 0 amide bonds. The highest BCUT2D eigenvalue weighted by Gasteiger charge is 2.17. The molecule has 0 aliphatic carbocycles. The van der Waals surface area contributed by atoms with Crippen molar-refractivity contribution in [1.82, 2.24) is 14.5 Å². The van der Waals surface area contributed by atoms with E-state index < -0.39 is 5.97 Å². The highest BCUT2D eigenvalue weighted by Crippen LogP contribution is 2.27. The molecule has 1 atom stereocenters. The Morgan fingerprint density at radius 2 is 2.25 bits per heavy atom. The van der Waals surface area contributed by atoms with Crippen molar-refractivity contribution in [2.75, 3.05) is 0 Å². The summed E-state index contributed by atoms with van der Waals surface area (Å²) in [5.41, 5.74) is 1.88. The number of fused-ring (bicyclic) bond motifs is 1. The zero-order valence-electron chi connectivity index (χ0n) is 11.1. The summed E-state index contributed by atoms with van der Waals surface area (Å²) < 4.78 is 2.08. The van der Waals surface area contributed by atoms with Crippen LogP contribution < -0.4 is 0 Å². The van der Waals surface area contributed by atoms with Gasteiger partial charge in [0.1, 0.15) is 10.8 Å². The molecule has 0 saturated heterocycles. The average molecular weight is 287 g/mol. The molecule has 1 unspecified atom stereocenters. The summed E-state index contributed by atoms with van der Waals surface area (Å²) in [6, 6.07) is 5.10. The van der Waals surface area contributed by atoms with Crippen LogP contribution in [0.4, 0.5) is 0 Å². The Labute approximate surface area is 119 Å². The average Bonchev–Trinajstić information content (AvgIpc) is 3.03. The Balaban J connectivity index is 2.16. The summed E-state index contributed by atoms with van der Waals surface area (Å²) in [4.78, 5) is 19.8. The van der Waals surface area contributed by atoms with Gasteiger partial charge in [0.05, 0.1) is 22.6 Å². The molecule has 0 spiro atoms. The molecule has 3 aromatic rings. The minimum atomic E-state index is -0.938. The fraction of sp³-hybridized carbons (Fsp3) is 0.214. The van der Waals surface area contributed by atoms with Gasteiger partial charge in [-0.2, -0.15) is 0 Å². The van der Waals surface area contributed by atoms with Crippen LogP contribution in [0.25, 0.3) is 11.0 Å². The third kappa shape index (κ3) is 1.98. The van der Waals surface area contributed by atoms with Gasteiger partial charge in [0.25, 0.3) is 0 Å². The van der Waals surface area contributed by atoms with Crippen molar-refractivity contribution in [3.63, 3.8) is 0 Å². The number of thiazole rings is 1. The number of imidazole rings is 1. The predicted molar refractivity (Wildman–Crippen MR) is 77.4 cm³/mol. The summed E-state index contributed by atoms with van der Waals surface area (Å²) in [6.45, 7) is 3.99. The Morgan fingerprint density at radius 1 is 1.45 bits per heavy atom. The van der Waals surface area contributed by atoms with Crippen LogP contribution in [0.1, 0.15) is 34.2 Å². The van der Waals surface area contributed by atoms with Gasteiger partial charge in [-0.05, 0) is 32.0 Å². The van der Waals surface area contributed by atoms with Crippen LogP contribution >= 0.6 is 11.3 Å². The second kappa shape index (κ2) is 4.72. The monoisotopic (exact) mass is 287 g/mol. The van der Waals surface area contributed by atoms with Crippen molar-refractivity contribution >= 4 is 28.3 Å². The van der Waals surface area contributed by atoms with Gasteiger partial charge in [0.2, 0.25) is 0 Å². The maximum atomic E-state index is 11.0. The van der Waals surface area contributed by atoms with E-state index in [4.69, 9.17) is 5.11 Å². The lowest BCUT2D eigenvalue weighted by atomic mass is 10.2. The Hall–Kier alpha value is -2.21. The van der Waals surface area contributed by atoms with Crippen molar-refractivity contribution in [2.24, 2.45) is 0 Å². The number of hydrogen-bond donors (Lipinski definition) is 1. The molecule has 0 radical (unpaired) electrons. The van der Waals surface area contributed by atoms with Gasteiger partial charge < -0.3 is 9.67 Å². The zero-order valence-corrected chi connectivity index (χ0v) is 11.9. The molecule has 6 heteroatoms. The summed E-state index contributed by atoms with van der Waals surface area (Å²) in [5.74, 6) is -0.0858. The van der Waals surface area contributed by atoms with Crippen LogP contribution in [-0.4, -0.2) is 25.6 Å². The molecular formula is C14H13N3O2S. The first-order valence-corrected chi connectivity index (χ1v) is 7.07. The maximum absolute atomic E-state index is 11.0. The van der Waals surface area contributed by atoms with Gasteiger partial charge in [0, 0.05) is 11.6 Å². The molecule has 0 fully saturated rings. The van der Waals surface area contributed by atoms with E-state index in [1.165, 1.54) is 0 Å². The minimum absolute atomic E-state index is 0.0793. The Bertz CT molecular complexity index is 777. The topological polar surface area (TPSA) is 68.0 Å². The first-order chi connectivity index (χ1) is 9.58. The summed E-state index contributed by atoms with van der Waals surface area (Å²) in [7, 11) is 0. The van der Waals surface area contributed by atoms with Crippen LogP contribution in [0.5, 0.6) is 0 Å². The number of carbonyl (C=O) groups is 1. The summed E-state index contributed by atoms with van der Waals surface area (Å²) >= 11 is 1.60. The minimum Gasteiger partial charge on any atom is -0.478 e. The van der Waals surface area contributed by atoms with Crippen LogP contribution in [-0.2, 0) is 0 Å². The molecule has 102 valence electrons. The fourth-order valence-electron chi connectivity index (χ4n) is 2.39. The van der Waals surface area contributed by atoms with Gasteiger partial charge in [0.15, 0.2) is 0 Å². The highest BCUT2D eigenvalue weighted by molar-refractivity contribution is 7.09. The largest absolute Gasteiger partial charge is 0.478 e. The van der Waals surface area contributed by atoms with E-state index in [2.05, 4.69) is 21.5 Å². The Kier molecular flexibility index (Phi) is 3.02. The van der Waals surface area contributed by atoms with Crippen molar-refractivity contribution in [1.29, 1.82) is 0 Å². The normalized spacial score (nSPS) is 12.7. The SMILES string of the molecule is Cc1nc2cc(C(=O)O)ccc2n1C(C)c1nccs1. The highest BCUT2D eigenvalue weighted by atomic mass is 32.1. The number of aromatic carboxylic acids is 1. The molecule has 2 heterocycles. The number of benzene rings is 1. The van der Waals surface area contributed by atoms with Gasteiger partial charge in [-0.15, -0.1) is 11.3 Å². The zero-order chi connectivity index (χ0) is 14.3. The van der Waals surface area contributed by atoms with Crippen molar-refractivity contribution < 1.29 is 9.90 Å². The molecule has 0 saturated carbocycles. The van der Waals surface area contributed by atoms with E-state index in [1.807, 2.05) is 18.4 Å². The van der Waals surface area contributed by atoms with Gasteiger partial charge in [-0.25, -0.2) is 14.8 Å². The lowest BCUT2D eigenvalue weighted by Gasteiger charge is -2.13. The molecule has 2 aromatic heterocycles. The molecule has 0 bridgehead atoms. The van der Waals surface area contributed by atoms with E-state index in [-0.39, 0.29) is 11.6 Å². The van der Waals surface area contributed by atoms with Gasteiger partial charge in [-0.3, -0.25) is 0 Å². The standard InChI is InChI=1S/C14H13N3O2S/c1-8(13-15-5-6-20-13)17-9(2)16-11-7-10(14(18)19)3-4-12(11)17/h3-8H,1-2H3,(H,18,19). The van der Waals surface area contributed by atoms with Crippen LogP contribution in [0, 0.1) is 6.92 Å². The number of carboxylic acid groups (broad SMARTS) is 1. The lowest BCUT2D eigenvalue weighted by molar-refractivity contribution is 0.0697. The number of aromatic nitrogens is 3. The fourth-order valence-corrected chi connectivity index (χ4v) is 3.08. The summed E-state index contributed by atoms with van der Waals surface area (Å²) in [5, 5.41) is 12.0. The molecule has 0 aliphatic rings. The Morgan fingerprint density at radius 3 is 2.90 bits per heavy atom. The van der Waals surface area contributed by atoms with Crippen LogP contribution in [0.2, 0.25) is 0 Å². The first-order valence-electron chi connectivity index (χ1n) is 6.19. The van der Waals surface area contributed by atoms with Crippen molar-refractivity contribution in [3.05, 3.63) is 46.2 Å². The predicted octanol–water partition coefficient (Wildman–Crippen LogP) is 3.11. The molecule has 1 N–H and O–H groups in total. The molecule has 5 nitrogen and oxygen atoms in total. The third-order valence-electron chi connectivity index (χ3n) is 3.31. The van der Waals surface area contributed by atoms with E-state index in [0.717, 1.165) is 16.3 Å². The number of hydrogen-bond acceptors (Lipinski definition) is 4. The molecule has 0 aliphatic heterocycles. The molecular weight excluding hydrogens is 274 g/mol. The number of rotatable bonds is 3. The van der Waals surface area contributed by atoms with Crippen molar-refractivity contribution in [3.8, 4) is 0 Å². The lowest BCUT2D eigenvalue weighted by Crippen LogP contribution is -2.08. The van der Waals surface area contributed by atoms with E-state index in [1.54, 1.807) is 29.7 Å². The second-order valence-corrected chi connectivity index (χ2v) is 5.51. The number of aryl methyl sites for hydroxylation is 1. The smallest absolute Gasteiger partial charge is 0.335 e. The number of nitrogens with zero attached hydrogens (tertiary/aromatic N) is 3. The third-order valence-corrected chi connectivity index (χ3v) is 4.25. The maximum Gasteiger partial charge on any atom is 0.335 e. The van der Waals surface area contributed by atoms with Crippen molar-refractivity contribution in [2.45, 2.75) is 19.9 Å². The second-order valence-electron chi connectivity index (χ2n) is 4.58. The molecule has 1 aromatic carbocycles.